The SMILES string of the molecule is Cc1cccc(-n2nc(C(C)(C)C)cc2NC(=O)Nc2ccc(Oc3ccnc(C(N)=O)c3)cc2F)c1. The molecule has 37 heavy (non-hydrogen) atoms. The molecule has 0 aliphatic carbocycles. The summed E-state index contributed by atoms with van der Waals surface area (Å²) < 4.78 is 22.0. The molecule has 2 aromatic carbocycles. The highest BCUT2D eigenvalue weighted by molar-refractivity contribution is 5.99. The molecule has 2 aromatic heterocycles. The number of anilines is 2. The van der Waals surface area contributed by atoms with Crippen LogP contribution in [0.25, 0.3) is 5.69 Å². The topological polar surface area (TPSA) is 124 Å². The molecule has 4 aromatic rings. The second-order valence-electron chi connectivity index (χ2n) is 9.48. The smallest absolute Gasteiger partial charge is 0.324 e. The van der Waals surface area contributed by atoms with E-state index in [1.54, 1.807) is 10.7 Å². The minimum Gasteiger partial charge on any atom is -0.457 e. The van der Waals surface area contributed by atoms with E-state index in [2.05, 4.69) is 20.7 Å². The normalized spacial score (nSPS) is 11.2. The average Bonchev–Trinajstić information content (AvgIpc) is 3.25. The number of hydrogen-bond acceptors (Lipinski definition) is 5. The molecule has 0 atom stereocenters. The van der Waals surface area contributed by atoms with Crippen molar-refractivity contribution in [3.8, 4) is 17.2 Å². The first-order chi connectivity index (χ1) is 17.5. The van der Waals surface area contributed by atoms with E-state index in [0.29, 0.717) is 5.82 Å². The molecule has 9 nitrogen and oxygen atoms in total. The van der Waals surface area contributed by atoms with E-state index >= 15 is 0 Å². The highest BCUT2D eigenvalue weighted by Crippen LogP contribution is 2.28. The van der Waals surface area contributed by atoms with Crippen LogP contribution in [-0.2, 0) is 5.41 Å². The van der Waals surface area contributed by atoms with E-state index in [-0.39, 0.29) is 28.3 Å². The summed E-state index contributed by atoms with van der Waals surface area (Å²) in [6, 6.07) is 15.7. The molecule has 0 bridgehead atoms. The number of nitrogens with two attached hydrogens (primary N) is 1. The Morgan fingerprint density at radius 1 is 1.00 bits per heavy atom. The number of carbonyl (C=O) groups is 2. The van der Waals surface area contributed by atoms with Crippen molar-refractivity contribution in [2.45, 2.75) is 33.1 Å². The van der Waals surface area contributed by atoms with Gasteiger partial charge in [-0.3, -0.25) is 15.1 Å². The van der Waals surface area contributed by atoms with Gasteiger partial charge in [0, 0.05) is 29.8 Å². The number of hydrogen-bond donors (Lipinski definition) is 3. The lowest BCUT2D eigenvalue weighted by molar-refractivity contribution is 0.0995. The van der Waals surface area contributed by atoms with E-state index in [1.807, 2.05) is 52.0 Å². The zero-order valence-electron chi connectivity index (χ0n) is 20.9. The first kappa shape index (κ1) is 25.4. The molecular formula is C27H27FN6O3. The summed E-state index contributed by atoms with van der Waals surface area (Å²) in [6.07, 6.45) is 1.36. The number of carbonyl (C=O) groups excluding carboxylic acids is 2. The summed E-state index contributed by atoms with van der Waals surface area (Å²) in [6.45, 7) is 8.05. The maximum atomic E-state index is 14.8. The average molecular weight is 503 g/mol. The standard InChI is InChI=1S/C27H27FN6O3/c1-16-6-5-7-17(12-16)34-24(15-23(33-34)27(2,3)4)32-26(36)31-21-9-8-18(13-20(21)28)37-19-10-11-30-22(14-19)25(29)35/h5-15H,1-4H3,(H2,29,35)(H2,31,32,36). The number of amides is 3. The highest BCUT2D eigenvalue weighted by Gasteiger charge is 2.22. The van der Waals surface area contributed by atoms with Crippen molar-refractivity contribution >= 4 is 23.4 Å². The third kappa shape index (κ3) is 6.10. The molecule has 0 saturated carbocycles. The number of pyridine rings is 1. The zero-order valence-corrected chi connectivity index (χ0v) is 20.9. The van der Waals surface area contributed by atoms with Crippen LogP contribution in [0.1, 0.15) is 42.5 Å². The minimum absolute atomic E-state index is 0.0208. The van der Waals surface area contributed by atoms with E-state index in [9.17, 15) is 14.0 Å². The lowest BCUT2D eigenvalue weighted by atomic mass is 9.92. The first-order valence-corrected chi connectivity index (χ1v) is 11.5. The second kappa shape index (κ2) is 10.1. The van der Waals surface area contributed by atoms with Gasteiger partial charge in [0.2, 0.25) is 0 Å². The van der Waals surface area contributed by atoms with Crippen molar-refractivity contribution in [2.24, 2.45) is 5.73 Å². The van der Waals surface area contributed by atoms with Crippen LogP contribution in [0.3, 0.4) is 0 Å². The largest absolute Gasteiger partial charge is 0.457 e. The summed E-state index contributed by atoms with van der Waals surface area (Å²) in [4.78, 5) is 27.9. The fourth-order valence-electron chi connectivity index (χ4n) is 3.47. The Bertz CT molecular complexity index is 1480. The third-order valence-corrected chi connectivity index (χ3v) is 5.37. The third-order valence-electron chi connectivity index (χ3n) is 5.37. The van der Waals surface area contributed by atoms with Gasteiger partial charge < -0.3 is 15.8 Å². The molecule has 2 heterocycles. The summed E-state index contributed by atoms with van der Waals surface area (Å²) in [7, 11) is 0. The van der Waals surface area contributed by atoms with Gasteiger partial charge in [0.1, 0.15) is 28.8 Å². The van der Waals surface area contributed by atoms with Crippen LogP contribution in [-0.4, -0.2) is 26.7 Å². The van der Waals surface area contributed by atoms with Crippen molar-refractivity contribution in [3.05, 3.63) is 89.6 Å². The fraction of sp³-hybridized carbons (Fsp3) is 0.185. The van der Waals surface area contributed by atoms with Gasteiger partial charge >= 0.3 is 6.03 Å². The monoisotopic (exact) mass is 502 g/mol. The summed E-state index contributed by atoms with van der Waals surface area (Å²) in [5.41, 5.74) is 7.56. The van der Waals surface area contributed by atoms with Crippen LogP contribution >= 0.6 is 0 Å². The van der Waals surface area contributed by atoms with Crippen LogP contribution in [0.5, 0.6) is 11.5 Å². The van der Waals surface area contributed by atoms with Gasteiger partial charge in [0.25, 0.3) is 5.91 Å². The van der Waals surface area contributed by atoms with Crippen LogP contribution in [0.4, 0.5) is 20.7 Å². The molecule has 3 amide bonds. The molecule has 190 valence electrons. The predicted octanol–water partition coefficient (Wildman–Crippen LogP) is 5.55. The molecule has 0 radical (unpaired) electrons. The highest BCUT2D eigenvalue weighted by atomic mass is 19.1. The zero-order chi connectivity index (χ0) is 26.7. The van der Waals surface area contributed by atoms with Crippen LogP contribution in [0, 0.1) is 12.7 Å². The van der Waals surface area contributed by atoms with Crippen LogP contribution in [0.2, 0.25) is 0 Å². The maximum absolute atomic E-state index is 14.8. The number of primary amides is 1. The molecule has 0 fully saturated rings. The van der Waals surface area contributed by atoms with Crippen molar-refractivity contribution in [2.75, 3.05) is 10.6 Å². The van der Waals surface area contributed by atoms with Gasteiger partial charge in [0.05, 0.1) is 17.1 Å². The second-order valence-corrected chi connectivity index (χ2v) is 9.48. The minimum atomic E-state index is -0.709. The van der Waals surface area contributed by atoms with Crippen molar-refractivity contribution in [1.29, 1.82) is 0 Å². The lowest BCUT2D eigenvalue weighted by Gasteiger charge is -2.14. The number of rotatable bonds is 6. The quantitative estimate of drug-likeness (QED) is 0.319. The van der Waals surface area contributed by atoms with Crippen molar-refractivity contribution in [3.63, 3.8) is 0 Å². The number of ether oxygens (including phenoxy) is 1. The van der Waals surface area contributed by atoms with Gasteiger partial charge in [-0.1, -0.05) is 32.9 Å². The van der Waals surface area contributed by atoms with E-state index in [4.69, 9.17) is 10.5 Å². The molecule has 10 heteroatoms. The van der Waals surface area contributed by atoms with Gasteiger partial charge in [-0.25, -0.2) is 13.9 Å². The fourth-order valence-corrected chi connectivity index (χ4v) is 3.47. The van der Waals surface area contributed by atoms with Crippen LogP contribution < -0.4 is 21.1 Å². The molecule has 0 saturated heterocycles. The summed E-state index contributed by atoms with van der Waals surface area (Å²) in [5.74, 6) is -0.547. The van der Waals surface area contributed by atoms with E-state index in [1.165, 1.54) is 30.5 Å². The van der Waals surface area contributed by atoms with Crippen LogP contribution in [0.15, 0.2) is 66.9 Å². The first-order valence-electron chi connectivity index (χ1n) is 11.5. The summed E-state index contributed by atoms with van der Waals surface area (Å²) >= 11 is 0. The van der Waals surface area contributed by atoms with Gasteiger partial charge in [-0.2, -0.15) is 5.10 Å². The Morgan fingerprint density at radius 3 is 2.43 bits per heavy atom. The number of urea groups is 1. The van der Waals surface area contributed by atoms with E-state index in [0.717, 1.165) is 23.0 Å². The predicted molar refractivity (Wildman–Crippen MR) is 139 cm³/mol. The number of aromatic nitrogens is 3. The van der Waals surface area contributed by atoms with Gasteiger partial charge in [-0.15, -0.1) is 0 Å². The van der Waals surface area contributed by atoms with Crippen molar-refractivity contribution in [1.82, 2.24) is 14.8 Å². The number of aryl methyl sites for hydroxylation is 1. The lowest BCUT2D eigenvalue weighted by Crippen LogP contribution is -2.22. The number of benzene rings is 2. The molecule has 0 aliphatic heterocycles. The van der Waals surface area contributed by atoms with Gasteiger partial charge in [-0.05, 0) is 42.8 Å². The Kier molecular flexibility index (Phi) is 6.92. The summed E-state index contributed by atoms with van der Waals surface area (Å²) in [5, 5.41) is 9.98. The number of nitrogens with one attached hydrogen (secondary N) is 2. The maximum Gasteiger partial charge on any atom is 0.324 e. The molecular weight excluding hydrogens is 475 g/mol. The molecule has 4 rings (SSSR count). The van der Waals surface area contributed by atoms with Gasteiger partial charge in [0.15, 0.2) is 0 Å². The Hall–Kier alpha value is -4.73. The Labute approximate surface area is 213 Å². The van der Waals surface area contributed by atoms with Crippen molar-refractivity contribution < 1.29 is 18.7 Å². The molecule has 0 unspecified atom stereocenters. The Balaban J connectivity index is 1.51. The Morgan fingerprint density at radius 2 is 1.76 bits per heavy atom. The molecule has 4 N–H and O–H groups in total. The molecule has 0 spiro atoms. The van der Waals surface area contributed by atoms with E-state index < -0.39 is 17.8 Å². The number of nitrogens with zero attached hydrogens (tertiary/aromatic N) is 3. The number of halogens is 1. The molecule has 0 aliphatic rings.